The Labute approximate surface area is 181 Å². The van der Waals surface area contributed by atoms with Gasteiger partial charge in [-0.2, -0.15) is 0 Å². The molecule has 0 radical (unpaired) electrons. The minimum Gasteiger partial charge on any atom is -0.506 e. The molecule has 5 rings (SSSR count). The highest BCUT2D eigenvalue weighted by atomic mass is 32.1. The molecule has 1 saturated heterocycles. The first kappa shape index (κ1) is 19.6. The van der Waals surface area contributed by atoms with Gasteiger partial charge in [-0.15, -0.1) is 11.3 Å². The van der Waals surface area contributed by atoms with Crippen LogP contribution in [0.1, 0.15) is 29.6 Å². The molecule has 2 aliphatic rings. The Bertz CT molecular complexity index is 1060. The van der Waals surface area contributed by atoms with Crippen LogP contribution in [0.15, 0.2) is 24.3 Å². The third-order valence-corrected chi connectivity index (χ3v) is 7.62. The van der Waals surface area contributed by atoms with E-state index in [9.17, 15) is 5.11 Å². The maximum absolute atomic E-state index is 10.1. The molecule has 6 nitrogen and oxygen atoms in total. The van der Waals surface area contributed by atoms with Gasteiger partial charge in [0.05, 0.1) is 11.1 Å². The minimum absolute atomic E-state index is 0.358. The summed E-state index contributed by atoms with van der Waals surface area (Å²) in [5.74, 6) is 2.62. The quantitative estimate of drug-likeness (QED) is 0.669. The van der Waals surface area contributed by atoms with Crippen molar-refractivity contribution in [2.45, 2.75) is 32.6 Å². The molecule has 3 N–H and O–H groups in total. The van der Waals surface area contributed by atoms with Crippen molar-refractivity contribution in [3.63, 3.8) is 0 Å². The minimum atomic E-state index is 0.358. The molecule has 158 valence electrons. The number of nitrogens with zero attached hydrogens (tertiary/aromatic N) is 4. The maximum Gasteiger partial charge on any atom is 0.138 e. The predicted octanol–water partition coefficient (Wildman–Crippen LogP) is 3.47. The Balaban J connectivity index is 1.23. The summed E-state index contributed by atoms with van der Waals surface area (Å²) >= 11 is 1.82. The van der Waals surface area contributed by atoms with Gasteiger partial charge in [0.25, 0.3) is 0 Å². The second-order valence-corrected chi connectivity index (χ2v) is 9.71. The highest BCUT2D eigenvalue weighted by Gasteiger charge is 2.24. The molecule has 3 aromatic rings. The molecule has 0 saturated carbocycles. The van der Waals surface area contributed by atoms with E-state index < -0.39 is 0 Å². The zero-order valence-electron chi connectivity index (χ0n) is 17.5. The van der Waals surface area contributed by atoms with Crippen LogP contribution < -0.4 is 10.6 Å². The molecule has 0 unspecified atom stereocenters. The SMILES string of the molecule is C[C@@H]1CCc2c(sc3nc(CCN4CCN(c5ccccc5O)CC4)nc(N)c23)C1. The highest BCUT2D eigenvalue weighted by Crippen LogP contribution is 2.39. The molecule has 0 bridgehead atoms. The molecule has 1 atom stereocenters. The molecular weight excluding hydrogens is 394 g/mol. The van der Waals surface area contributed by atoms with Gasteiger partial charge in [0.2, 0.25) is 0 Å². The van der Waals surface area contributed by atoms with Gasteiger partial charge in [0.15, 0.2) is 0 Å². The van der Waals surface area contributed by atoms with E-state index in [1.165, 1.54) is 16.9 Å². The molecule has 1 aliphatic heterocycles. The van der Waals surface area contributed by atoms with Crippen LogP contribution in [0.25, 0.3) is 10.2 Å². The number of aryl methyl sites for hydroxylation is 1. The van der Waals surface area contributed by atoms with Crippen molar-refractivity contribution < 1.29 is 5.11 Å². The van der Waals surface area contributed by atoms with Gasteiger partial charge in [-0.05, 0) is 42.9 Å². The fourth-order valence-corrected chi connectivity index (χ4v) is 6.14. The largest absolute Gasteiger partial charge is 0.506 e. The van der Waals surface area contributed by atoms with Crippen LogP contribution in [-0.2, 0) is 19.3 Å². The standard InChI is InChI=1S/C23H29N5OS/c1-15-6-7-16-19(14-15)30-23-21(16)22(24)25-20(26-23)8-9-27-10-12-28(13-11-27)17-4-2-3-5-18(17)29/h2-5,15,29H,6-14H2,1H3,(H2,24,25,26)/t15-/m1/s1. The van der Waals surface area contributed by atoms with Crippen molar-refractivity contribution in [3.05, 3.63) is 40.5 Å². The summed E-state index contributed by atoms with van der Waals surface area (Å²) in [5.41, 5.74) is 8.70. The van der Waals surface area contributed by atoms with Crippen LogP contribution in [0.3, 0.4) is 0 Å². The summed E-state index contributed by atoms with van der Waals surface area (Å²) in [6.07, 6.45) is 4.29. The predicted molar refractivity (Wildman–Crippen MR) is 123 cm³/mol. The summed E-state index contributed by atoms with van der Waals surface area (Å²) in [6.45, 7) is 7.02. The Morgan fingerprint density at radius 1 is 1.17 bits per heavy atom. The molecule has 0 spiro atoms. The summed E-state index contributed by atoms with van der Waals surface area (Å²) in [5, 5.41) is 11.2. The fourth-order valence-electron chi connectivity index (χ4n) is 4.73. The van der Waals surface area contributed by atoms with Crippen LogP contribution in [-0.4, -0.2) is 52.7 Å². The van der Waals surface area contributed by atoms with Crippen LogP contribution in [0.5, 0.6) is 5.75 Å². The molecule has 1 aromatic carbocycles. The Morgan fingerprint density at radius 3 is 2.77 bits per heavy atom. The van der Waals surface area contributed by atoms with E-state index >= 15 is 0 Å². The van der Waals surface area contributed by atoms with Gasteiger partial charge in [-0.1, -0.05) is 19.1 Å². The number of fused-ring (bicyclic) bond motifs is 3. The summed E-state index contributed by atoms with van der Waals surface area (Å²) in [4.78, 5) is 16.8. The molecule has 0 amide bonds. The maximum atomic E-state index is 10.1. The van der Waals surface area contributed by atoms with E-state index in [1.54, 1.807) is 6.07 Å². The van der Waals surface area contributed by atoms with Gasteiger partial charge in [-0.25, -0.2) is 9.97 Å². The number of hydrogen-bond acceptors (Lipinski definition) is 7. The van der Waals surface area contributed by atoms with E-state index in [1.807, 2.05) is 29.5 Å². The number of thiophene rings is 1. The Kier molecular flexibility index (Phi) is 5.25. The summed E-state index contributed by atoms with van der Waals surface area (Å²) in [7, 11) is 0. The van der Waals surface area contributed by atoms with Gasteiger partial charge < -0.3 is 15.7 Å². The third-order valence-electron chi connectivity index (χ3n) is 6.48. The first-order valence-electron chi connectivity index (χ1n) is 10.9. The van der Waals surface area contributed by atoms with Crippen molar-refractivity contribution in [3.8, 4) is 5.75 Å². The lowest BCUT2D eigenvalue weighted by Crippen LogP contribution is -2.47. The third kappa shape index (κ3) is 3.72. The molecule has 3 heterocycles. The molecular formula is C23H29N5OS. The number of rotatable bonds is 4. The second kappa shape index (κ2) is 8.04. The molecule has 1 aliphatic carbocycles. The molecule has 7 heteroatoms. The number of benzene rings is 1. The van der Waals surface area contributed by atoms with Gasteiger partial charge in [-0.3, -0.25) is 4.90 Å². The lowest BCUT2D eigenvalue weighted by atomic mass is 9.89. The van der Waals surface area contributed by atoms with E-state index in [0.29, 0.717) is 11.6 Å². The van der Waals surface area contributed by atoms with Crippen LogP contribution in [0, 0.1) is 5.92 Å². The van der Waals surface area contributed by atoms with Crippen molar-refractivity contribution in [2.24, 2.45) is 5.92 Å². The van der Waals surface area contributed by atoms with Crippen molar-refractivity contribution >= 4 is 33.1 Å². The first-order chi connectivity index (χ1) is 14.6. The monoisotopic (exact) mass is 423 g/mol. The van der Waals surface area contributed by atoms with Crippen LogP contribution >= 0.6 is 11.3 Å². The van der Waals surface area contributed by atoms with Gasteiger partial charge in [0.1, 0.15) is 22.2 Å². The zero-order valence-corrected chi connectivity index (χ0v) is 18.3. The molecule has 2 aromatic heterocycles. The Hall–Kier alpha value is -2.38. The average molecular weight is 424 g/mol. The van der Waals surface area contributed by atoms with E-state index in [4.69, 9.17) is 10.7 Å². The number of aromatic hydroxyl groups is 1. The number of nitrogen functional groups attached to an aromatic ring is 1. The number of anilines is 2. The number of aromatic nitrogens is 2. The molecule has 1 fully saturated rings. The number of para-hydroxylation sites is 2. The molecule has 30 heavy (non-hydrogen) atoms. The number of phenols is 1. The first-order valence-corrected chi connectivity index (χ1v) is 11.7. The van der Waals surface area contributed by atoms with Gasteiger partial charge >= 0.3 is 0 Å². The number of piperazine rings is 1. The summed E-state index contributed by atoms with van der Waals surface area (Å²) in [6, 6.07) is 7.57. The van der Waals surface area contributed by atoms with Gasteiger partial charge in [0, 0.05) is 44.0 Å². The number of nitrogens with two attached hydrogens (primary N) is 1. The topological polar surface area (TPSA) is 78.5 Å². The van der Waals surface area contributed by atoms with E-state index in [-0.39, 0.29) is 0 Å². The van der Waals surface area contributed by atoms with Crippen LogP contribution in [0.2, 0.25) is 0 Å². The average Bonchev–Trinajstić information content (AvgIpc) is 3.11. The number of phenolic OH excluding ortho intramolecular Hbond substituents is 1. The second-order valence-electron chi connectivity index (χ2n) is 8.62. The normalized spacial score (nSPS) is 19.9. The lowest BCUT2D eigenvalue weighted by molar-refractivity contribution is 0.259. The van der Waals surface area contributed by atoms with Crippen LogP contribution in [0.4, 0.5) is 11.5 Å². The van der Waals surface area contributed by atoms with Crippen molar-refractivity contribution in [2.75, 3.05) is 43.4 Å². The Morgan fingerprint density at radius 2 is 1.97 bits per heavy atom. The zero-order chi connectivity index (χ0) is 20.7. The van der Waals surface area contributed by atoms with E-state index in [0.717, 1.165) is 79.6 Å². The van der Waals surface area contributed by atoms with Crippen molar-refractivity contribution in [1.82, 2.24) is 14.9 Å². The smallest absolute Gasteiger partial charge is 0.138 e. The van der Waals surface area contributed by atoms with Crippen molar-refractivity contribution in [1.29, 1.82) is 0 Å². The number of hydrogen-bond donors (Lipinski definition) is 2. The highest BCUT2D eigenvalue weighted by molar-refractivity contribution is 7.19. The summed E-state index contributed by atoms with van der Waals surface area (Å²) < 4.78 is 0. The lowest BCUT2D eigenvalue weighted by Gasteiger charge is -2.36. The van der Waals surface area contributed by atoms with E-state index in [2.05, 4.69) is 21.7 Å². The fraction of sp³-hybridized carbons (Fsp3) is 0.478.